The summed E-state index contributed by atoms with van der Waals surface area (Å²) in [5.74, 6) is -0.00257. The molecule has 0 amide bonds. The molecule has 0 radical (unpaired) electrons. The zero-order valence-corrected chi connectivity index (χ0v) is 16.5. The Hall–Kier alpha value is -1.17. The fourth-order valence-electron chi connectivity index (χ4n) is 5.15. The van der Waals surface area contributed by atoms with E-state index in [1.165, 1.54) is 6.08 Å². The van der Waals surface area contributed by atoms with Crippen LogP contribution >= 0.6 is 0 Å². The molecule has 0 aromatic heterocycles. The summed E-state index contributed by atoms with van der Waals surface area (Å²) in [6.45, 7) is 8.98. The number of ether oxygens (including phenoxy) is 1. The Balaban J connectivity index is 1.85. The molecule has 5 nitrogen and oxygen atoms in total. The molecule has 0 aromatic carbocycles. The van der Waals surface area contributed by atoms with E-state index in [1.807, 2.05) is 6.08 Å². The maximum absolute atomic E-state index is 11.7. The number of hydrogen-bond donors (Lipinski definition) is 3. The predicted molar refractivity (Wildman–Crippen MR) is 98.2 cm³/mol. The second-order valence-electron chi connectivity index (χ2n) is 9.41. The first-order chi connectivity index (χ1) is 11.8. The van der Waals surface area contributed by atoms with Gasteiger partial charge in [0.1, 0.15) is 11.7 Å². The number of carbonyl (C=O) groups excluding carboxylic acids is 1. The third kappa shape index (κ3) is 2.76. The highest BCUT2D eigenvalue weighted by molar-refractivity contribution is 5.86. The second-order valence-corrected chi connectivity index (χ2v) is 9.41. The van der Waals surface area contributed by atoms with Crippen molar-refractivity contribution >= 4 is 5.97 Å². The van der Waals surface area contributed by atoms with Crippen molar-refractivity contribution in [3.63, 3.8) is 0 Å². The van der Waals surface area contributed by atoms with Crippen LogP contribution in [0.2, 0.25) is 0 Å². The van der Waals surface area contributed by atoms with Gasteiger partial charge in [0.05, 0.1) is 11.2 Å². The fraction of sp³-hybridized carbons (Fsp3) is 0.762. The van der Waals surface area contributed by atoms with Gasteiger partial charge in [0.15, 0.2) is 0 Å². The first-order valence-corrected chi connectivity index (χ1v) is 9.61. The molecule has 0 saturated heterocycles. The molecule has 3 rings (SSSR count). The normalized spacial score (nSPS) is 40.6. The van der Waals surface area contributed by atoms with Crippen LogP contribution in [0.25, 0.3) is 0 Å². The minimum atomic E-state index is -1.33. The first kappa shape index (κ1) is 19.6. The third-order valence-corrected chi connectivity index (χ3v) is 7.46. The molecular weight excluding hydrogens is 332 g/mol. The molecule has 0 unspecified atom stereocenters. The summed E-state index contributed by atoms with van der Waals surface area (Å²) in [5.41, 5.74) is -3.17. The van der Waals surface area contributed by atoms with E-state index in [1.54, 1.807) is 26.8 Å². The Labute approximate surface area is 155 Å². The molecule has 1 aliphatic heterocycles. The predicted octanol–water partition coefficient (Wildman–Crippen LogP) is 2.49. The Morgan fingerprint density at radius 1 is 1.27 bits per heavy atom. The lowest BCUT2D eigenvalue weighted by Gasteiger charge is -2.50. The van der Waals surface area contributed by atoms with E-state index >= 15 is 0 Å². The van der Waals surface area contributed by atoms with Crippen molar-refractivity contribution in [3.8, 4) is 0 Å². The van der Waals surface area contributed by atoms with Crippen molar-refractivity contribution in [2.45, 2.75) is 83.2 Å². The van der Waals surface area contributed by atoms with Crippen LogP contribution in [0.15, 0.2) is 23.8 Å². The van der Waals surface area contributed by atoms with Crippen LogP contribution in [0.1, 0.15) is 60.3 Å². The number of carbonyl (C=O) groups is 1. The molecule has 2 aliphatic carbocycles. The van der Waals surface area contributed by atoms with E-state index in [4.69, 9.17) is 4.74 Å². The van der Waals surface area contributed by atoms with E-state index in [-0.39, 0.29) is 29.3 Å². The van der Waals surface area contributed by atoms with E-state index < -0.39 is 16.8 Å². The zero-order chi connectivity index (χ0) is 19.5. The zero-order valence-electron chi connectivity index (χ0n) is 16.5. The number of esters is 1. The molecule has 2 saturated carbocycles. The highest BCUT2D eigenvalue weighted by Gasteiger charge is 2.63. The van der Waals surface area contributed by atoms with Gasteiger partial charge in [-0.3, -0.25) is 0 Å². The molecule has 0 bridgehead atoms. The van der Waals surface area contributed by atoms with Crippen molar-refractivity contribution in [2.24, 2.45) is 17.3 Å². The second kappa shape index (κ2) is 5.91. The van der Waals surface area contributed by atoms with Gasteiger partial charge in [-0.1, -0.05) is 26.0 Å². The summed E-state index contributed by atoms with van der Waals surface area (Å²) in [6.07, 6.45) is 7.84. The summed E-state index contributed by atoms with van der Waals surface area (Å²) in [4.78, 5) is 11.7. The molecule has 1 heterocycles. The Morgan fingerprint density at radius 3 is 2.54 bits per heavy atom. The lowest BCUT2D eigenvalue weighted by atomic mass is 9.58. The number of rotatable bonds is 4. The van der Waals surface area contributed by atoms with Gasteiger partial charge in [0, 0.05) is 17.1 Å². The quantitative estimate of drug-likeness (QED) is 0.527. The molecular formula is C21H32O5. The molecule has 0 spiro atoms. The Morgan fingerprint density at radius 2 is 1.92 bits per heavy atom. The van der Waals surface area contributed by atoms with Crippen LogP contribution in [-0.4, -0.2) is 44.2 Å². The number of fused-ring (bicyclic) bond motifs is 3. The minimum absolute atomic E-state index is 0.123. The molecule has 2 fully saturated rings. The Kier molecular flexibility index (Phi) is 4.45. The van der Waals surface area contributed by atoms with E-state index in [2.05, 4.69) is 13.8 Å². The monoisotopic (exact) mass is 364 g/mol. The number of allylic oxidation sites excluding steroid dienone is 1. The molecule has 146 valence electrons. The average Bonchev–Trinajstić information content (AvgIpc) is 3.02. The fourth-order valence-corrected chi connectivity index (χ4v) is 5.15. The Bertz CT molecular complexity index is 656. The van der Waals surface area contributed by atoms with Gasteiger partial charge in [-0.25, -0.2) is 4.79 Å². The van der Waals surface area contributed by atoms with Gasteiger partial charge in [0.2, 0.25) is 0 Å². The highest BCUT2D eigenvalue weighted by Crippen LogP contribution is 2.62. The van der Waals surface area contributed by atoms with Crippen molar-refractivity contribution in [1.82, 2.24) is 0 Å². The topological polar surface area (TPSA) is 87.0 Å². The lowest BCUT2D eigenvalue weighted by Crippen LogP contribution is -2.53. The van der Waals surface area contributed by atoms with Crippen LogP contribution in [0.4, 0.5) is 0 Å². The minimum Gasteiger partial charge on any atom is -0.455 e. The van der Waals surface area contributed by atoms with Crippen molar-refractivity contribution < 1.29 is 24.9 Å². The summed E-state index contributed by atoms with van der Waals surface area (Å²) in [5, 5.41) is 32.1. The van der Waals surface area contributed by atoms with E-state index in [0.29, 0.717) is 6.42 Å². The average molecular weight is 364 g/mol. The van der Waals surface area contributed by atoms with Gasteiger partial charge >= 0.3 is 5.97 Å². The summed E-state index contributed by atoms with van der Waals surface area (Å²) >= 11 is 0. The van der Waals surface area contributed by atoms with Gasteiger partial charge < -0.3 is 20.1 Å². The third-order valence-electron chi connectivity index (χ3n) is 7.46. The molecule has 0 aromatic rings. The lowest BCUT2D eigenvalue weighted by molar-refractivity contribution is -0.143. The molecule has 26 heavy (non-hydrogen) atoms. The van der Waals surface area contributed by atoms with Gasteiger partial charge in [-0.15, -0.1) is 0 Å². The maximum Gasteiger partial charge on any atom is 0.331 e. The van der Waals surface area contributed by atoms with Crippen LogP contribution in [0, 0.1) is 17.3 Å². The number of hydrogen-bond acceptors (Lipinski definition) is 5. The van der Waals surface area contributed by atoms with Crippen molar-refractivity contribution in [3.05, 3.63) is 23.8 Å². The van der Waals surface area contributed by atoms with Crippen LogP contribution in [-0.2, 0) is 9.53 Å². The van der Waals surface area contributed by atoms with Gasteiger partial charge in [-0.2, -0.15) is 0 Å². The van der Waals surface area contributed by atoms with Crippen LogP contribution in [0.5, 0.6) is 0 Å². The number of aliphatic hydroxyl groups is 3. The molecule has 3 aliphatic rings. The molecule has 6 atom stereocenters. The first-order valence-electron chi connectivity index (χ1n) is 9.61. The largest absolute Gasteiger partial charge is 0.455 e. The highest BCUT2D eigenvalue weighted by atomic mass is 16.5. The summed E-state index contributed by atoms with van der Waals surface area (Å²) in [7, 11) is 0. The van der Waals surface area contributed by atoms with Crippen LogP contribution < -0.4 is 0 Å². The summed E-state index contributed by atoms with van der Waals surface area (Å²) < 4.78 is 5.34. The maximum atomic E-state index is 11.7. The van der Waals surface area contributed by atoms with Gasteiger partial charge in [0.25, 0.3) is 0 Å². The van der Waals surface area contributed by atoms with E-state index in [9.17, 15) is 20.1 Å². The van der Waals surface area contributed by atoms with Crippen molar-refractivity contribution in [2.75, 3.05) is 0 Å². The summed E-state index contributed by atoms with van der Waals surface area (Å²) in [6, 6.07) is 0. The van der Waals surface area contributed by atoms with E-state index in [0.717, 1.165) is 24.8 Å². The SMILES string of the molecule is C[C@H](C=C[C@@](C)(O)C(C)(C)O)[C@H]1CC[C@@]2(O)C3=CC(=O)O[C@H]3CC[C@]12C. The smallest absolute Gasteiger partial charge is 0.331 e. The standard InChI is InChI=1S/C21H32O5/c1-13(6-10-20(5,24)18(2,3)23)14-7-11-21(25)15-12-17(22)26-16(15)8-9-19(14,21)4/h6,10,12-14,16,23-25H,7-9,11H2,1-5H3/t13-,14-,16+,19-,20-,21-/m1/s1. The van der Waals surface area contributed by atoms with Crippen LogP contribution in [0.3, 0.4) is 0 Å². The van der Waals surface area contributed by atoms with Gasteiger partial charge in [-0.05, 0) is 58.3 Å². The van der Waals surface area contributed by atoms with Crippen molar-refractivity contribution in [1.29, 1.82) is 0 Å². The molecule has 5 heteroatoms. The molecule has 3 N–H and O–H groups in total.